The molecule has 0 aliphatic carbocycles. The number of carbonyl (C=O) groups excluding carboxylic acids is 2. The van der Waals surface area contributed by atoms with Gasteiger partial charge in [-0.3, -0.25) is 14.2 Å². The van der Waals surface area contributed by atoms with E-state index in [0.29, 0.717) is 0 Å². The molecular weight excluding hydrogens is 683 g/mol. The van der Waals surface area contributed by atoms with Gasteiger partial charge in [0, 0.05) is 6.66 Å². The van der Waals surface area contributed by atoms with E-state index in [2.05, 4.69) is 9.05 Å². The van der Waals surface area contributed by atoms with Crippen molar-refractivity contribution in [1.82, 2.24) is 0 Å². The number of ketones is 2. The van der Waals surface area contributed by atoms with E-state index >= 15 is 0 Å². The van der Waals surface area contributed by atoms with Gasteiger partial charge in [0.1, 0.15) is 0 Å². The Morgan fingerprint density at radius 1 is 0.510 bits per heavy atom. The Labute approximate surface area is 284 Å². The Kier molecular flexibility index (Phi) is 18.6. The van der Waals surface area contributed by atoms with Crippen LogP contribution in [0.5, 0.6) is 0 Å². The van der Waals surface area contributed by atoms with Crippen LogP contribution in [0, 0.1) is 0 Å². The van der Waals surface area contributed by atoms with Crippen molar-refractivity contribution >= 4 is 19.2 Å². The van der Waals surface area contributed by atoms with Gasteiger partial charge in [-0.05, 0) is 119 Å². The van der Waals surface area contributed by atoms with Crippen molar-refractivity contribution in [3.05, 3.63) is 69.9 Å². The molecule has 0 N–H and O–H groups in total. The number of carbonyl (C=O) groups is 2. The topological polar surface area (TPSA) is 69.7 Å². The largest absolute Gasteiger partial charge is 0.434 e. The molecule has 0 unspecified atom stereocenters. The molecule has 0 saturated carbocycles. The summed E-state index contributed by atoms with van der Waals surface area (Å²) in [4.78, 5) is 24.1. The van der Waals surface area contributed by atoms with E-state index in [0.717, 1.165) is 48.0 Å². The average molecular weight is 733 g/mol. The van der Waals surface area contributed by atoms with Gasteiger partial charge in [-0.2, -0.15) is 35.1 Å². The molecule has 14 heteroatoms. The van der Waals surface area contributed by atoms with Crippen LogP contribution in [0.3, 0.4) is 0 Å². The molecule has 0 heterocycles. The van der Waals surface area contributed by atoms with Crippen molar-refractivity contribution in [3.8, 4) is 0 Å². The van der Waals surface area contributed by atoms with Gasteiger partial charge in [-0.25, -0.2) is 9.05 Å². The molecule has 0 radical (unpaired) electrons. The molecular formula is C35H49F8O5P. The molecule has 0 atom stereocenters. The van der Waals surface area contributed by atoms with Crippen LogP contribution in [0.2, 0.25) is 0 Å². The van der Waals surface area contributed by atoms with Crippen molar-refractivity contribution in [2.75, 3.05) is 6.66 Å². The fourth-order valence-corrected chi connectivity index (χ4v) is 5.18. The Bertz CT molecular complexity index is 1280. The summed E-state index contributed by atoms with van der Waals surface area (Å²) in [5.41, 5.74) is 4.13. The molecule has 0 aromatic heterocycles. The summed E-state index contributed by atoms with van der Waals surface area (Å²) in [5.74, 6) is -16.5. The predicted molar refractivity (Wildman–Crippen MR) is 176 cm³/mol. The van der Waals surface area contributed by atoms with E-state index in [1.54, 1.807) is 12.2 Å². The molecule has 0 aliphatic rings. The summed E-state index contributed by atoms with van der Waals surface area (Å²) >= 11 is 0. The standard InChI is InChI=1S/C35H49F8O5P/c1-24(2)14-10-16-26(5)18-12-20-28(7)22-30(44)32(36,37)34(40,41)47-49(9,46)48-35(42,43)33(38,39)31(45)23-29(8)21-13-19-27(6)17-11-15-25(3)4/h14-15,18-19,22-23H,10-13,16-17,20-21H2,1-9H3. The number of halogens is 8. The lowest BCUT2D eigenvalue weighted by atomic mass is 10.0. The van der Waals surface area contributed by atoms with Crippen molar-refractivity contribution < 1.29 is 58.3 Å². The van der Waals surface area contributed by atoms with Gasteiger partial charge in [0.15, 0.2) is 0 Å². The smallest absolute Gasteiger partial charge is 0.288 e. The minimum Gasteiger partial charge on any atom is -0.288 e. The van der Waals surface area contributed by atoms with E-state index in [1.165, 1.54) is 13.8 Å². The molecule has 0 spiro atoms. The number of allylic oxidation sites excluding steroid dienone is 12. The van der Waals surface area contributed by atoms with Gasteiger partial charge in [0.05, 0.1) is 0 Å². The number of alkyl halides is 8. The molecule has 0 rings (SSSR count). The Balaban J connectivity index is 5.55. The zero-order chi connectivity index (χ0) is 38.4. The lowest BCUT2D eigenvalue weighted by molar-refractivity contribution is -0.317. The van der Waals surface area contributed by atoms with Crippen molar-refractivity contribution in [2.45, 2.75) is 131 Å². The van der Waals surface area contributed by atoms with Gasteiger partial charge in [-0.1, -0.05) is 57.7 Å². The molecule has 0 aliphatic heterocycles. The van der Waals surface area contributed by atoms with Crippen LogP contribution < -0.4 is 0 Å². The second kappa shape index (κ2) is 19.7. The first-order valence-corrected chi connectivity index (χ1v) is 17.7. The minimum absolute atomic E-state index is 0.0276. The van der Waals surface area contributed by atoms with Crippen LogP contribution in [0.15, 0.2) is 69.9 Å². The third-order valence-electron chi connectivity index (χ3n) is 6.91. The SMILES string of the molecule is CC(C)=CCCC(C)=CCCC(C)=CC(=O)C(F)(F)C(F)(F)OP(C)(=O)OC(F)(F)C(F)(F)C(=O)C=C(C)CCC=C(C)CCC=C(C)C. The van der Waals surface area contributed by atoms with Gasteiger partial charge >= 0.3 is 31.7 Å². The van der Waals surface area contributed by atoms with Crippen molar-refractivity contribution in [2.24, 2.45) is 0 Å². The van der Waals surface area contributed by atoms with Crippen LogP contribution in [-0.4, -0.2) is 42.3 Å². The van der Waals surface area contributed by atoms with Gasteiger partial charge in [0.25, 0.3) is 0 Å². The van der Waals surface area contributed by atoms with Crippen LogP contribution >= 0.6 is 7.60 Å². The molecule has 0 fully saturated rings. The number of hydrogen-bond donors (Lipinski definition) is 0. The molecule has 0 aromatic carbocycles. The van der Waals surface area contributed by atoms with Crippen LogP contribution in [-0.2, 0) is 23.2 Å². The summed E-state index contributed by atoms with van der Waals surface area (Å²) in [6.07, 6.45) is -0.437. The van der Waals surface area contributed by atoms with Crippen LogP contribution in [0.25, 0.3) is 0 Å². The summed E-state index contributed by atoms with van der Waals surface area (Å²) < 4.78 is 134. The van der Waals surface area contributed by atoms with E-state index in [1.807, 2.05) is 53.7 Å². The van der Waals surface area contributed by atoms with E-state index in [4.69, 9.17) is 0 Å². The Hall–Kier alpha value is -2.63. The maximum atomic E-state index is 14.5. The lowest BCUT2D eigenvalue weighted by Crippen LogP contribution is -2.50. The highest BCUT2D eigenvalue weighted by Gasteiger charge is 2.68. The summed E-state index contributed by atoms with van der Waals surface area (Å²) in [5, 5.41) is 0. The monoisotopic (exact) mass is 732 g/mol. The maximum absolute atomic E-state index is 14.5. The molecule has 0 amide bonds. The van der Waals surface area contributed by atoms with E-state index in [9.17, 15) is 49.3 Å². The van der Waals surface area contributed by atoms with Gasteiger partial charge < -0.3 is 0 Å². The second-order valence-corrected chi connectivity index (χ2v) is 14.6. The first-order chi connectivity index (χ1) is 22.2. The highest BCUT2D eigenvalue weighted by Crippen LogP contribution is 2.58. The number of rotatable bonds is 22. The highest BCUT2D eigenvalue weighted by molar-refractivity contribution is 7.53. The Morgan fingerprint density at radius 2 is 0.776 bits per heavy atom. The fourth-order valence-electron chi connectivity index (χ4n) is 4.08. The molecule has 49 heavy (non-hydrogen) atoms. The van der Waals surface area contributed by atoms with Crippen molar-refractivity contribution in [1.29, 1.82) is 0 Å². The first kappa shape index (κ1) is 46.4. The summed E-state index contributed by atoms with van der Waals surface area (Å²) in [7, 11) is -6.19. The third kappa shape index (κ3) is 16.8. The fraction of sp³-hybridized carbons (Fsp3) is 0.600. The molecule has 0 aromatic rings. The van der Waals surface area contributed by atoms with Gasteiger partial charge in [-0.15, -0.1) is 0 Å². The predicted octanol–water partition coefficient (Wildman–Crippen LogP) is 12.3. The average Bonchev–Trinajstić information content (AvgIpc) is 2.90. The van der Waals surface area contributed by atoms with Crippen LogP contribution in [0.1, 0.15) is 107 Å². The highest BCUT2D eigenvalue weighted by atomic mass is 31.2. The molecule has 5 nitrogen and oxygen atoms in total. The third-order valence-corrected chi connectivity index (χ3v) is 8.03. The Morgan fingerprint density at radius 3 is 1.06 bits per heavy atom. The number of hydrogen-bond acceptors (Lipinski definition) is 5. The second-order valence-electron chi connectivity index (χ2n) is 12.7. The summed E-state index contributed by atoms with van der Waals surface area (Å²) in [6.45, 7) is 13.7. The molecule has 0 bridgehead atoms. The molecule has 280 valence electrons. The normalized spacial score (nSPS) is 15.5. The zero-order valence-corrected chi connectivity index (χ0v) is 30.5. The lowest BCUT2D eigenvalue weighted by Gasteiger charge is -2.30. The van der Waals surface area contributed by atoms with Crippen LogP contribution in [0.4, 0.5) is 35.1 Å². The zero-order valence-electron chi connectivity index (χ0n) is 29.6. The van der Waals surface area contributed by atoms with E-state index in [-0.39, 0.29) is 55.6 Å². The minimum atomic E-state index is -6.19. The summed E-state index contributed by atoms with van der Waals surface area (Å²) in [6, 6.07) is 0. The maximum Gasteiger partial charge on any atom is 0.434 e. The quantitative estimate of drug-likeness (QED) is 0.0480. The van der Waals surface area contributed by atoms with Gasteiger partial charge in [0.2, 0.25) is 11.6 Å². The first-order valence-electron chi connectivity index (χ1n) is 15.7. The van der Waals surface area contributed by atoms with Crippen molar-refractivity contribution in [3.63, 3.8) is 0 Å². The van der Waals surface area contributed by atoms with E-state index < -0.39 is 43.2 Å². The molecule has 0 saturated heterocycles.